The Hall–Kier alpha value is -1.42. The number of pyridine rings is 1. The molecule has 0 aliphatic rings. The Balaban J connectivity index is 2.62. The first-order valence-electron chi connectivity index (χ1n) is 6.48. The van der Waals surface area contributed by atoms with Gasteiger partial charge in [-0.3, -0.25) is 9.78 Å². The molecule has 0 fully saturated rings. The lowest BCUT2D eigenvalue weighted by Crippen LogP contribution is -2.45. The van der Waals surface area contributed by atoms with Crippen LogP contribution in [0.2, 0.25) is 0 Å². The molecule has 0 aliphatic carbocycles. The summed E-state index contributed by atoms with van der Waals surface area (Å²) in [6.45, 7) is 6.84. The summed E-state index contributed by atoms with van der Waals surface area (Å²) < 4.78 is 0. The van der Waals surface area contributed by atoms with Crippen LogP contribution in [0.4, 0.5) is 0 Å². The second-order valence-corrected chi connectivity index (χ2v) is 4.68. The van der Waals surface area contributed by atoms with Crippen molar-refractivity contribution < 1.29 is 4.79 Å². The number of nitrogens with zero attached hydrogens (tertiary/aromatic N) is 1. The summed E-state index contributed by atoms with van der Waals surface area (Å²) in [4.78, 5) is 16.4. The number of hydrogen-bond acceptors (Lipinski definition) is 3. The fourth-order valence-corrected chi connectivity index (χ4v) is 1.93. The first-order chi connectivity index (χ1) is 8.57. The molecule has 1 amide bonds. The molecule has 100 valence electrons. The number of aromatic nitrogens is 1. The normalized spacial score (nSPS) is 11.3. The Morgan fingerprint density at radius 2 is 2.06 bits per heavy atom. The fourth-order valence-electron chi connectivity index (χ4n) is 1.93. The lowest BCUT2D eigenvalue weighted by molar-refractivity contribution is -0.131. The molecule has 1 heterocycles. The van der Waals surface area contributed by atoms with Gasteiger partial charge in [-0.1, -0.05) is 19.9 Å². The maximum Gasteiger partial charge on any atom is 0.227 e. The molecule has 1 rings (SSSR count). The zero-order valence-electron chi connectivity index (χ0n) is 11.5. The quantitative estimate of drug-likeness (QED) is 0.807. The van der Waals surface area contributed by atoms with E-state index in [9.17, 15) is 4.79 Å². The van der Waals surface area contributed by atoms with E-state index < -0.39 is 5.41 Å². The third-order valence-corrected chi connectivity index (χ3v) is 3.65. The molecule has 1 aromatic rings. The molecule has 0 saturated carbocycles. The Kier molecular flexibility index (Phi) is 5.28. The van der Waals surface area contributed by atoms with E-state index in [4.69, 9.17) is 5.73 Å². The minimum absolute atomic E-state index is 0.0376. The van der Waals surface area contributed by atoms with Crippen molar-refractivity contribution in [1.29, 1.82) is 0 Å². The Morgan fingerprint density at radius 3 is 2.50 bits per heavy atom. The molecule has 4 nitrogen and oxygen atoms in total. The van der Waals surface area contributed by atoms with Gasteiger partial charge in [0, 0.05) is 25.0 Å². The van der Waals surface area contributed by atoms with Crippen LogP contribution < -0.4 is 11.1 Å². The molecule has 0 radical (unpaired) electrons. The molecule has 4 heteroatoms. The number of rotatable bonds is 6. The van der Waals surface area contributed by atoms with Crippen LogP contribution in [0.25, 0.3) is 0 Å². The first kappa shape index (κ1) is 14.6. The first-order valence-corrected chi connectivity index (χ1v) is 6.48. The van der Waals surface area contributed by atoms with Crippen molar-refractivity contribution in [3.05, 3.63) is 29.6 Å². The fraction of sp³-hybridized carbons (Fsp3) is 0.571. The van der Waals surface area contributed by atoms with E-state index >= 15 is 0 Å². The molecule has 0 spiro atoms. The van der Waals surface area contributed by atoms with E-state index in [1.54, 1.807) is 6.20 Å². The van der Waals surface area contributed by atoms with Crippen molar-refractivity contribution in [3.8, 4) is 0 Å². The summed E-state index contributed by atoms with van der Waals surface area (Å²) in [7, 11) is 0. The maximum absolute atomic E-state index is 12.2. The third-order valence-electron chi connectivity index (χ3n) is 3.65. The van der Waals surface area contributed by atoms with Crippen LogP contribution in [-0.4, -0.2) is 17.4 Å². The van der Waals surface area contributed by atoms with Crippen LogP contribution in [0.3, 0.4) is 0 Å². The molecule has 0 bridgehead atoms. The smallest absolute Gasteiger partial charge is 0.227 e. The highest BCUT2D eigenvalue weighted by Gasteiger charge is 2.32. The van der Waals surface area contributed by atoms with Gasteiger partial charge in [0.15, 0.2) is 0 Å². The van der Waals surface area contributed by atoms with Crippen molar-refractivity contribution in [3.63, 3.8) is 0 Å². The van der Waals surface area contributed by atoms with Crippen LogP contribution in [0.15, 0.2) is 18.3 Å². The summed E-state index contributed by atoms with van der Waals surface area (Å²) in [5.74, 6) is 0.0376. The number of carbonyl (C=O) groups is 1. The van der Waals surface area contributed by atoms with Crippen molar-refractivity contribution in [2.24, 2.45) is 11.1 Å². The van der Waals surface area contributed by atoms with E-state index in [0.717, 1.165) is 24.1 Å². The summed E-state index contributed by atoms with van der Waals surface area (Å²) in [5, 5.41) is 2.95. The predicted octanol–water partition coefficient (Wildman–Crippen LogP) is 1.77. The van der Waals surface area contributed by atoms with Gasteiger partial charge in [0.05, 0.1) is 5.41 Å². The maximum atomic E-state index is 12.2. The van der Waals surface area contributed by atoms with Gasteiger partial charge < -0.3 is 11.1 Å². The predicted molar refractivity (Wildman–Crippen MR) is 72.9 cm³/mol. The second-order valence-electron chi connectivity index (χ2n) is 4.68. The molecular formula is C14H23N3O. The molecule has 18 heavy (non-hydrogen) atoms. The Morgan fingerprint density at radius 1 is 1.39 bits per heavy atom. The lowest BCUT2D eigenvalue weighted by atomic mass is 9.81. The number of amides is 1. The van der Waals surface area contributed by atoms with Crippen molar-refractivity contribution >= 4 is 5.91 Å². The topological polar surface area (TPSA) is 68.0 Å². The summed E-state index contributed by atoms with van der Waals surface area (Å²) in [6.07, 6.45) is 3.31. The molecule has 0 saturated heterocycles. The molecule has 0 unspecified atom stereocenters. The number of carbonyl (C=O) groups excluding carboxylic acids is 1. The molecule has 0 aromatic carbocycles. The third kappa shape index (κ3) is 3.29. The Bertz CT molecular complexity index is 374. The highest BCUT2D eigenvalue weighted by molar-refractivity contribution is 5.82. The van der Waals surface area contributed by atoms with Crippen LogP contribution in [0, 0.1) is 12.3 Å². The van der Waals surface area contributed by atoms with Gasteiger partial charge in [0.2, 0.25) is 5.91 Å². The number of nitrogens with two attached hydrogens (primary N) is 1. The zero-order chi connectivity index (χ0) is 13.6. The van der Waals surface area contributed by atoms with Gasteiger partial charge in [-0.2, -0.15) is 0 Å². The van der Waals surface area contributed by atoms with Crippen LogP contribution in [0.1, 0.15) is 37.9 Å². The molecule has 0 atom stereocenters. The van der Waals surface area contributed by atoms with Crippen molar-refractivity contribution in [2.75, 3.05) is 6.54 Å². The van der Waals surface area contributed by atoms with Crippen LogP contribution in [0.5, 0.6) is 0 Å². The van der Waals surface area contributed by atoms with E-state index in [1.807, 2.05) is 32.9 Å². The largest absolute Gasteiger partial charge is 0.351 e. The van der Waals surface area contributed by atoms with Gasteiger partial charge in [-0.25, -0.2) is 0 Å². The lowest BCUT2D eigenvalue weighted by Gasteiger charge is -2.28. The second kappa shape index (κ2) is 6.50. The van der Waals surface area contributed by atoms with Gasteiger partial charge in [-0.15, -0.1) is 0 Å². The Labute approximate surface area is 109 Å². The van der Waals surface area contributed by atoms with Crippen molar-refractivity contribution in [1.82, 2.24) is 10.3 Å². The summed E-state index contributed by atoms with van der Waals surface area (Å²) in [5.41, 5.74) is 7.29. The van der Waals surface area contributed by atoms with Gasteiger partial charge in [-0.05, 0) is 31.4 Å². The van der Waals surface area contributed by atoms with E-state index in [-0.39, 0.29) is 5.91 Å². The van der Waals surface area contributed by atoms with E-state index in [0.29, 0.717) is 13.1 Å². The van der Waals surface area contributed by atoms with Crippen LogP contribution >= 0.6 is 0 Å². The minimum atomic E-state index is -0.432. The average Bonchev–Trinajstić information content (AvgIpc) is 2.41. The van der Waals surface area contributed by atoms with E-state index in [2.05, 4.69) is 10.3 Å². The molecular weight excluding hydrogens is 226 g/mol. The monoisotopic (exact) mass is 249 g/mol. The van der Waals surface area contributed by atoms with Gasteiger partial charge in [0.25, 0.3) is 0 Å². The summed E-state index contributed by atoms with van der Waals surface area (Å²) >= 11 is 0. The minimum Gasteiger partial charge on any atom is -0.351 e. The van der Waals surface area contributed by atoms with Crippen LogP contribution in [-0.2, 0) is 11.3 Å². The number of aryl methyl sites for hydroxylation is 1. The molecule has 1 aromatic heterocycles. The molecule has 0 aliphatic heterocycles. The SMILES string of the molecule is CCC(CC)(CN)C(=O)NCc1ccc(C)nc1. The highest BCUT2D eigenvalue weighted by atomic mass is 16.2. The highest BCUT2D eigenvalue weighted by Crippen LogP contribution is 2.25. The van der Waals surface area contributed by atoms with E-state index in [1.165, 1.54) is 0 Å². The zero-order valence-corrected chi connectivity index (χ0v) is 11.5. The standard InChI is InChI=1S/C14H23N3O/c1-4-14(5-2,10-15)13(18)17-9-12-7-6-11(3)16-8-12/h6-8H,4-5,9-10,15H2,1-3H3,(H,17,18). The average molecular weight is 249 g/mol. The van der Waals surface area contributed by atoms with Gasteiger partial charge >= 0.3 is 0 Å². The van der Waals surface area contributed by atoms with Gasteiger partial charge in [0.1, 0.15) is 0 Å². The van der Waals surface area contributed by atoms with Crippen molar-refractivity contribution in [2.45, 2.75) is 40.2 Å². The number of nitrogens with one attached hydrogen (secondary N) is 1. The summed E-state index contributed by atoms with van der Waals surface area (Å²) in [6, 6.07) is 3.92. The number of hydrogen-bond donors (Lipinski definition) is 2. The molecule has 3 N–H and O–H groups in total.